The highest BCUT2D eigenvalue weighted by molar-refractivity contribution is 5.62. The second-order valence-corrected chi connectivity index (χ2v) is 5.53. The highest BCUT2D eigenvalue weighted by Crippen LogP contribution is 2.52. The van der Waals surface area contributed by atoms with Crippen LogP contribution in [-0.4, -0.2) is 29.5 Å². The van der Waals surface area contributed by atoms with Crippen molar-refractivity contribution in [3.05, 3.63) is 24.6 Å². The number of rotatable bonds is 5. The molecule has 0 amide bonds. The third-order valence-electron chi connectivity index (χ3n) is 2.49. The van der Waals surface area contributed by atoms with Gasteiger partial charge in [-0.3, -0.25) is 0 Å². The minimum atomic E-state index is -6.13. The highest BCUT2D eigenvalue weighted by atomic mass is 19.4. The Morgan fingerprint density at radius 1 is 1.00 bits per heavy atom. The summed E-state index contributed by atoms with van der Waals surface area (Å²) in [5.74, 6) is -9.60. The van der Waals surface area contributed by atoms with Gasteiger partial charge >= 0.3 is 24.3 Å². The van der Waals surface area contributed by atoms with Crippen molar-refractivity contribution in [2.75, 3.05) is 0 Å². The average Bonchev–Trinajstić information content (AvgIpc) is 2.32. The Balaban J connectivity index is 6.26. The van der Waals surface area contributed by atoms with Gasteiger partial charge in [-0.05, 0) is 20.8 Å². The van der Waals surface area contributed by atoms with Crippen molar-refractivity contribution in [1.29, 1.82) is 0 Å². The van der Waals surface area contributed by atoms with Crippen molar-refractivity contribution >= 4 is 6.16 Å². The molecule has 0 aliphatic carbocycles. The second-order valence-electron chi connectivity index (χ2n) is 5.53. The molecule has 1 unspecified atom stereocenters. The first kappa shape index (κ1) is 22.2. The predicted molar refractivity (Wildman–Crippen MR) is 66.2 cm³/mol. The van der Waals surface area contributed by atoms with Crippen molar-refractivity contribution in [2.45, 2.75) is 50.5 Å². The Kier molecular flexibility index (Phi) is 6.45. The zero-order chi connectivity index (χ0) is 19.6. The van der Waals surface area contributed by atoms with E-state index in [1.54, 1.807) is 0 Å². The molecule has 1 atom stereocenters. The maximum absolute atomic E-state index is 13.9. The van der Waals surface area contributed by atoms with E-state index in [-0.39, 0.29) is 6.08 Å². The van der Waals surface area contributed by atoms with Gasteiger partial charge in [0.2, 0.25) is 5.83 Å². The van der Waals surface area contributed by atoms with Gasteiger partial charge in [-0.2, -0.15) is 35.1 Å². The number of carbonyl (C=O) groups excluding carboxylic acids is 1. The molecule has 0 aliphatic heterocycles. The van der Waals surface area contributed by atoms with Crippen molar-refractivity contribution in [3.8, 4) is 0 Å². The summed E-state index contributed by atoms with van der Waals surface area (Å²) in [7, 11) is 0. The molecule has 0 saturated carbocycles. The van der Waals surface area contributed by atoms with E-state index in [0.717, 1.165) is 0 Å². The summed E-state index contributed by atoms with van der Waals surface area (Å²) in [5, 5.41) is 0. The lowest BCUT2D eigenvalue weighted by Crippen LogP contribution is -2.61. The van der Waals surface area contributed by atoms with Crippen molar-refractivity contribution in [2.24, 2.45) is 0 Å². The fraction of sp³-hybridized carbons (Fsp3) is 0.615. The van der Waals surface area contributed by atoms with Crippen molar-refractivity contribution in [3.63, 3.8) is 0 Å². The van der Waals surface area contributed by atoms with Crippen LogP contribution in [0, 0.1) is 0 Å². The lowest BCUT2D eigenvalue weighted by molar-refractivity contribution is -0.327. The number of carbonyl (C=O) groups is 1. The molecule has 0 bridgehead atoms. The van der Waals surface area contributed by atoms with E-state index >= 15 is 0 Å². The van der Waals surface area contributed by atoms with Gasteiger partial charge in [0.1, 0.15) is 5.60 Å². The maximum atomic E-state index is 13.9. The molecule has 24 heavy (non-hydrogen) atoms. The second kappa shape index (κ2) is 6.98. The van der Waals surface area contributed by atoms with Crippen molar-refractivity contribution in [1.82, 2.24) is 0 Å². The van der Waals surface area contributed by atoms with Gasteiger partial charge in [0.15, 0.2) is 0 Å². The van der Waals surface area contributed by atoms with Crippen LogP contribution < -0.4 is 0 Å². The highest BCUT2D eigenvalue weighted by Gasteiger charge is 2.75. The lowest BCUT2D eigenvalue weighted by atomic mass is 9.89. The maximum Gasteiger partial charge on any atom is 0.509 e. The summed E-state index contributed by atoms with van der Waals surface area (Å²) in [6, 6.07) is 0. The zero-order valence-corrected chi connectivity index (χ0v) is 12.7. The summed E-state index contributed by atoms with van der Waals surface area (Å²) in [6.07, 6.45) is -13.7. The molecule has 0 heterocycles. The number of ether oxygens (including phenoxy) is 2. The summed E-state index contributed by atoms with van der Waals surface area (Å²) >= 11 is 0. The molecule has 0 rings (SSSR count). The molecule has 0 saturated heterocycles. The molecule has 3 nitrogen and oxygen atoms in total. The SMILES string of the molecule is C=CCC(OC(=O)OC(C)(C)C)(C(F)(F)F)C(F)(F)C(F)=C(F)F. The van der Waals surface area contributed by atoms with Gasteiger partial charge < -0.3 is 9.47 Å². The van der Waals surface area contributed by atoms with Crippen LogP contribution in [0.2, 0.25) is 0 Å². The van der Waals surface area contributed by atoms with E-state index < -0.39 is 47.8 Å². The minimum absolute atomic E-state index is 0.217. The van der Waals surface area contributed by atoms with Gasteiger partial charge in [-0.1, -0.05) is 6.08 Å². The van der Waals surface area contributed by atoms with E-state index in [2.05, 4.69) is 16.1 Å². The first-order chi connectivity index (χ1) is 10.5. The van der Waals surface area contributed by atoms with Crippen LogP contribution in [0.1, 0.15) is 27.2 Å². The average molecular weight is 370 g/mol. The molecule has 0 N–H and O–H groups in total. The topological polar surface area (TPSA) is 35.5 Å². The Hall–Kier alpha value is -1.81. The third kappa shape index (κ3) is 4.60. The molecule has 0 aromatic heterocycles. The zero-order valence-electron chi connectivity index (χ0n) is 12.7. The Labute approximate surface area is 131 Å². The van der Waals surface area contributed by atoms with Gasteiger partial charge in [-0.15, -0.1) is 6.58 Å². The Morgan fingerprint density at radius 3 is 1.75 bits per heavy atom. The summed E-state index contributed by atoms with van der Waals surface area (Å²) in [6.45, 7) is 6.30. The first-order valence-corrected chi connectivity index (χ1v) is 6.20. The molecule has 11 heteroatoms. The van der Waals surface area contributed by atoms with Crippen LogP contribution in [-0.2, 0) is 9.47 Å². The van der Waals surface area contributed by atoms with Gasteiger partial charge in [-0.25, -0.2) is 4.79 Å². The molecule has 0 aromatic rings. The van der Waals surface area contributed by atoms with E-state index in [9.17, 15) is 39.9 Å². The van der Waals surface area contributed by atoms with Crippen LogP contribution in [0.4, 0.5) is 39.9 Å². The standard InChI is InChI=1S/C13H14F8O3/c1-5-6-11(13(19,20)21,12(17,18)7(14)8(15)16)24-9(22)23-10(2,3)4/h5H,1,6H2,2-4H3. The smallest absolute Gasteiger partial charge is 0.429 e. The number of halogens is 8. The Morgan fingerprint density at radius 2 is 1.46 bits per heavy atom. The van der Waals surface area contributed by atoms with Crippen LogP contribution in [0.25, 0.3) is 0 Å². The van der Waals surface area contributed by atoms with Crippen LogP contribution in [0.3, 0.4) is 0 Å². The van der Waals surface area contributed by atoms with Crippen LogP contribution in [0.15, 0.2) is 24.6 Å². The molecule has 0 radical (unpaired) electrons. The monoisotopic (exact) mass is 370 g/mol. The molecule has 0 aromatic carbocycles. The predicted octanol–water partition coefficient (Wildman–Crippen LogP) is 5.53. The fourth-order valence-corrected chi connectivity index (χ4v) is 1.50. The summed E-state index contributed by atoms with van der Waals surface area (Å²) < 4.78 is 113. The molecular formula is C13H14F8O3. The normalized spacial score (nSPS) is 15.3. The Bertz CT molecular complexity index is 514. The van der Waals surface area contributed by atoms with Crippen molar-refractivity contribution < 1.29 is 49.4 Å². The summed E-state index contributed by atoms with van der Waals surface area (Å²) in [5.41, 5.74) is -6.41. The van der Waals surface area contributed by atoms with Crippen LogP contribution in [0.5, 0.6) is 0 Å². The van der Waals surface area contributed by atoms with Crippen LogP contribution >= 0.6 is 0 Å². The van der Waals surface area contributed by atoms with Gasteiger partial charge in [0, 0.05) is 6.42 Å². The molecule has 0 fully saturated rings. The minimum Gasteiger partial charge on any atom is -0.429 e. The number of hydrogen-bond donors (Lipinski definition) is 0. The molecule has 0 aliphatic rings. The molecule has 140 valence electrons. The van der Waals surface area contributed by atoms with Gasteiger partial charge in [0.05, 0.1) is 0 Å². The van der Waals surface area contributed by atoms with Gasteiger partial charge in [0.25, 0.3) is 5.60 Å². The third-order valence-corrected chi connectivity index (χ3v) is 2.49. The quantitative estimate of drug-likeness (QED) is 0.363. The largest absolute Gasteiger partial charge is 0.509 e. The van der Waals surface area contributed by atoms with E-state index in [1.807, 2.05) is 0 Å². The molecule has 0 spiro atoms. The van der Waals surface area contributed by atoms with E-state index in [4.69, 9.17) is 0 Å². The van der Waals surface area contributed by atoms with E-state index in [0.29, 0.717) is 0 Å². The first-order valence-electron chi connectivity index (χ1n) is 6.20. The fourth-order valence-electron chi connectivity index (χ4n) is 1.50. The number of hydrogen-bond acceptors (Lipinski definition) is 3. The van der Waals surface area contributed by atoms with E-state index in [1.165, 1.54) is 20.8 Å². The number of alkyl halides is 5. The molecular weight excluding hydrogens is 356 g/mol. The lowest BCUT2D eigenvalue weighted by Gasteiger charge is -2.39. The summed E-state index contributed by atoms with van der Waals surface area (Å²) in [4.78, 5) is 11.4.